The molecule has 3 nitrogen and oxygen atoms in total. The molecule has 0 aromatic rings. The van der Waals surface area contributed by atoms with Gasteiger partial charge in [-0.05, 0) is 50.7 Å². The van der Waals surface area contributed by atoms with Crippen molar-refractivity contribution < 1.29 is 4.74 Å². The first-order valence-electron chi connectivity index (χ1n) is 8.77. The molecule has 1 fully saturated rings. The van der Waals surface area contributed by atoms with Crippen molar-refractivity contribution in [2.24, 2.45) is 5.41 Å². The summed E-state index contributed by atoms with van der Waals surface area (Å²) in [5.41, 5.74) is 0.440. The Labute approximate surface area is 126 Å². The molecular formula is C17H36N2O. The van der Waals surface area contributed by atoms with E-state index in [1.54, 1.807) is 0 Å². The molecular weight excluding hydrogens is 248 g/mol. The van der Waals surface area contributed by atoms with Crippen molar-refractivity contribution in [1.82, 2.24) is 10.2 Å². The maximum absolute atomic E-state index is 5.60. The SMILES string of the molecule is CCCCN(CCCC)CC1(CNCC)CCOCC1. The zero-order valence-electron chi connectivity index (χ0n) is 14.0. The number of nitrogens with one attached hydrogen (secondary N) is 1. The van der Waals surface area contributed by atoms with Crippen LogP contribution >= 0.6 is 0 Å². The van der Waals surface area contributed by atoms with E-state index in [1.165, 1.54) is 58.2 Å². The molecule has 0 unspecified atom stereocenters. The van der Waals surface area contributed by atoms with Crippen LogP contribution in [0.4, 0.5) is 0 Å². The minimum atomic E-state index is 0.440. The fourth-order valence-corrected chi connectivity index (χ4v) is 3.09. The van der Waals surface area contributed by atoms with Gasteiger partial charge in [0, 0.05) is 26.3 Å². The number of hydrogen-bond acceptors (Lipinski definition) is 3. The van der Waals surface area contributed by atoms with Gasteiger partial charge in [0.15, 0.2) is 0 Å². The Morgan fingerprint density at radius 2 is 1.60 bits per heavy atom. The van der Waals surface area contributed by atoms with Crippen LogP contribution in [0.5, 0.6) is 0 Å². The number of ether oxygens (including phenoxy) is 1. The highest BCUT2D eigenvalue weighted by Gasteiger charge is 2.33. The van der Waals surface area contributed by atoms with Crippen LogP contribution in [0.25, 0.3) is 0 Å². The minimum Gasteiger partial charge on any atom is -0.381 e. The van der Waals surface area contributed by atoms with Gasteiger partial charge in [-0.15, -0.1) is 0 Å². The van der Waals surface area contributed by atoms with Crippen molar-refractivity contribution in [2.75, 3.05) is 45.9 Å². The molecule has 0 radical (unpaired) electrons. The highest BCUT2D eigenvalue weighted by atomic mass is 16.5. The van der Waals surface area contributed by atoms with E-state index in [2.05, 4.69) is 31.0 Å². The smallest absolute Gasteiger partial charge is 0.0472 e. The van der Waals surface area contributed by atoms with Crippen molar-refractivity contribution >= 4 is 0 Å². The number of hydrogen-bond donors (Lipinski definition) is 1. The molecule has 1 heterocycles. The Bertz CT molecular complexity index is 219. The van der Waals surface area contributed by atoms with E-state index in [4.69, 9.17) is 4.74 Å². The molecule has 1 aliphatic rings. The topological polar surface area (TPSA) is 24.5 Å². The summed E-state index contributed by atoms with van der Waals surface area (Å²) in [6, 6.07) is 0. The highest BCUT2D eigenvalue weighted by Crippen LogP contribution is 2.31. The fraction of sp³-hybridized carbons (Fsp3) is 1.00. The molecule has 0 aromatic heterocycles. The summed E-state index contributed by atoms with van der Waals surface area (Å²) in [6.07, 6.45) is 7.69. The fourth-order valence-electron chi connectivity index (χ4n) is 3.09. The van der Waals surface area contributed by atoms with Crippen molar-refractivity contribution in [1.29, 1.82) is 0 Å². The summed E-state index contributed by atoms with van der Waals surface area (Å²) in [7, 11) is 0. The Balaban J connectivity index is 2.56. The first-order valence-corrected chi connectivity index (χ1v) is 8.77. The molecule has 0 amide bonds. The van der Waals surface area contributed by atoms with Crippen molar-refractivity contribution in [3.8, 4) is 0 Å². The molecule has 1 aliphatic heterocycles. The van der Waals surface area contributed by atoms with Gasteiger partial charge < -0.3 is 15.0 Å². The van der Waals surface area contributed by atoms with Crippen molar-refractivity contribution in [2.45, 2.75) is 59.3 Å². The van der Waals surface area contributed by atoms with Crippen molar-refractivity contribution in [3.05, 3.63) is 0 Å². The van der Waals surface area contributed by atoms with E-state index in [0.717, 1.165) is 26.3 Å². The second-order valence-corrected chi connectivity index (χ2v) is 6.38. The number of nitrogens with zero attached hydrogens (tertiary/aromatic N) is 1. The Morgan fingerprint density at radius 3 is 2.10 bits per heavy atom. The van der Waals surface area contributed by atoms with E-state index in [1.807, 2.05) is 0 Å². The van der Waals surface area contributed by atoms with Crippen LogP contribution in [0.2, 0.25) is 0 Å². The minimum absolute atomic E-state index is 0.440. The van der Waals surface area contributed by atoms with Crippen LogP contribution in [0.15, 0.2) is 0 Å². The molecule has 20 heavy (non-hydrogen) atoms. The van der Waals surface area contributed by atoms with Gasteiger partial charge in [-0.2, -0.15) is 0 Å². The van der Waals surface area contributed by atoms with Gasteiger partial charge >= 0.3 is 0 Å². The van der Waals surface area contributed by atoms with Crippen LogP contribution in [0, 0.1) is 5.41 Å². The first-order chi connectivity index (χ1) is 9.76. The highest BCUT2D eigenvalue weighted by molar-refractivity contribution is 4.87. The third-order valence-electron chi connectivity index (χ3n) is 4.52. The summed E-state index contributed by atoms with van der Waals surface area (Å²) >= 11 is 0. The van der Waals surface area contributed by atoms with Gasteiger partial charge in [-0.25, -0.2) is 0 Å². The molecule has 0 aromatic carbocycles. The first kappa shape index (κ1) is 17.9. The molecule has 1 saturated heterocycles. The van der Waals surface area contributed by atoms with Crippen LogP contribution in [-0.4, -0.2) is 50.8 Å². The van der Waals surface area contributed by atoms with Crippen LogP contribution in [-0.2, 0) is 4.74 Å². The van der Waals surface area contributed by atoms with Crippen LogP contribution < -0.4 is 5.32 Å². The summed E-state index contributed by atoms with van der Waals surface area (Å²) in [4.78, 5) is 2.72. The van der Waals surface area contributed by atoms with Crippen LogP contribution in [0.3, 0.4) is 0 Å². The lowest BCUT2D eigenvalue weighted by molar-refractivity contribution is -0.00458. The second kappa shape index (κ2) is 10.6. The van der Waals surface area contributed by atoms with E-state index in [0.29, 0.717) is 5.41 Å². The van der Waals surface area contributed by atoms with Gasteiger partial charge in [0.25, 0.3) is 0 Å². The molecule has 1 N–H and O–H groups in total. The molecule has 0 bridgehead atoms. The van der Waals surface area contributed by atoms with E-state index in [-0.39, 0.29) is 0 Å². The molecule has 0 aliphatic carbocycles. The van der Waals surface area contributed by atoms with E-state index >= 15 is 0 Å². The molecule has 3 heteroatoms. The van der Waals surface area contributed by atoms with E-state index in [9.17, 15) is 0 Å². The summed E-state index contributed by atoms with van der Waals surface area (Å²) in [6.45, 7) is 14.7. The summed E-state index contributed by atoms with van der Waals surface area (Å²) in [5.74, 6) is 0. The normalized spacial score (nSPS) is 18.6. The van der Waals surface area contributed by atoms with Crippen LogP contribution in [0.1, 0.15) is 59.3 Å². The molecule has 1 rings (SSSR count). The predicted molar refractivity (Wildman–Crippen MR) is 87.3 cm³/mol. The van der Waals surface area contributed by atoms with Gasteiger partial charge in [0.2, 0.25) is 0 Å². The summed E-state index contributed by atoms with van der Waals surface area (Å²) < 4.78 is 5.60. The van der Waals surface area contributed by atoms with Gasteiger partial charge in [-0.1, -0.05) is 33.6 Å². The number of unbranched alkanes of at least 4 members (excludes halogenated alkanes) is 2. The molecule has 0 saturated carbocycles. The second-order valence-electron chi connectivity index (χ2n) is 6.38. The molecule has 0 atom stereocenters. The maximum Gasteiger partial charge on any atom is 0.0472 e. The average Bonchev–Trinajstić information content (AvgIpc) is 2.49. The predicted octanol–water partition coefficient (Wildman–Crippen LogP) is 3.29. The molecule has 120 valence electrons. The monoisotopic (exact) mass is 284 g/mol. The lowest BCUT2D eigenvalue weighted by atomic mass is 9.79. The quantitative estimate of drug-likeness (QED) is 0.630. The van der Waals surface area contributed by atoms with Gasteiger partial charge in [0.05, 0.1) is 0 Å². The lowest BCUT2D eigenvalue weighted by Crippen LogP contribution is -2.47. The largest absolute Gasteiger partial charge is 0.381 e. The zero-order valence-corrected chi connectivity index (χ0v) is 14.0. The maximum atomic E-state index is 5.60. The Hall–Kier alpha value is -0.120. The lowest BCUT2D eigenvalue weighted by Gasteiger charge is -2.41. The summed E-state index contributed by atoms with van der Waals surface area (Å²) in [5, 5.41) is 3.59. The average molecular weight is 284 g/mol. The van der Waals surface area contributed by atoms with Gasteiger partial charge in [0.1, 0.15) is 0 Å². The third-order valence-corrected chi connectivity index (χ3v) is 4.52. The zero-order chi connectivity index (χ0) is 14.7. The third kappa shape index (κ3) is 6.55. The number of rotatable bonds is 11. The Kier molecular flexibility index (Phi) is 9.49. The van der Waals surface area contributed by atoms with Crippen molar-refractivity contribution in [3.63, 3.8) is 0 Å². The standard InChI is InChI=1S/C17H36N2O/c1-4-7-11-19(12-8-5-2)16-17(15-18-6-3)9-13-20-14-10-17/h18H,4-16H2,1-3H3. The Morgan fingerprint density at radius 1 is 1.00 bits per heavy atom. The molecule has 0 spiro atoms. The van der Waals surface area contributed by atoms with E-state index < -0.39 is 0 Å². The van der Waals surface area contributed by atoms with Gasteiger partial charge in [-0.3, -0.25) is 0 Å².